The molecule has 1 aromatic rings. The number of hydrogen-bond acceptors (Lipinski definition) is 1. The Morgan fingerprint density at radius 2 is 2.17 bits per heavy atom. The number of hydrogen-bond donors (Lipinski definition) is 1. The van der Waals surface area contributed by atoms with Gasteiger partial charge in [-0.15, -0.1) is 0 Å². The number of benzene rings is 1. The molecule has 0 saturated carbocycles. The second kappa shape index (κ2) is 3.69. The highest BCUT2D eigenvalue weighted by Crippen LogP contribution is 2.24. The Balaban J connectivity index is 3.36. The number of halogens is 3. The van der Waals surface area contributed by atoms with E-state index in [0.717, 1.165) is 0 Å². The molecule has 0 bridgehead atoms. The lowest BCUT2D eigenvalue weighted by atomic mass is 10.2. The van der Waals surface area contributed by atoms with Crippen LogP contribution in [0.5, 0.6) is 0 Å². The Hall–Kier alpha value is -0.170. The molecule has 0 aliphatic heterocycles. The number of rotatable bonds is 1. The van der Waals surface area contributed by atoms with Crippen LogP contribution in [0.15, 0.2) is 16.6 Å². The molecule has 2 N–H and O–H groups in total. The fraction of sp³-hybridized carbons (Fsp3) is 0. The third kappa shape index (κ3) is 1.77. The number of carbonyl (C=O) groups excluding carboxylic acids is 1. The summed E-state index contributed by atoms with van der Waals surface area (Å²) in [5.74, 6) is -1.09. The normalized spacial score (nSPS) is 9.92. The molecule has 1 aromatic carbocycles. The van der Waals surface area contributed by atoms with Gasteiger partial charge in [0.25, 0.3) is 0 Å². The molecule has 0 spiro atoms. The highest BCUT2D eigenvalue weighted by Gasteiger charge is 2.12. The van der Waals surface area contributed by atoms with Crippen molar-refractivity contribution in [3.05, 3.63) is 31.6 Å². The molecule has 2 nitrogen and oxygen atoms in total. The fourth-order valence-corrected chi connectivity index (χ4v) is 2.08. The first-order valence-electron chi connectivity index (χ1n) is 2.97. The van der Waals surface area contributed by atoms with Crippen molar-refractivity contribution >= 4 is 44.4 Å². The van der Waals surface area contributed by atoms with Gasteiger partial charge in [-0.1, -0.05) is 0 Å². The predicted molar refractivity (Wildman–Crippen MR) is 55.3 cm³/mol. The Kier molecular flexibility index (Phi) is 3.05. The first kappa shape index (κ1) is 9.91. The monoisotopic (exact) mass is 343 g/mol. The van der Waals surface area contributed by atoms with Crippen molar-refractivity contribution in [2.75, 3.05) is 0 Å². The van der Waals surface area contributed by atoms with Crippen molar-refractivity contribution in [1.82, 2.24) is 0 Å². The molecule has 64 valence electrons. The van der Waals surface area contributed by atoms with Crippen LogP contribution in [-0.4, -0.2) is 5.91 Å². The van der Waals surface area contributed by atoms with Gasteiger partial charge in [0.1, 0.15) is 0 Å². The number of primary amides is 1. The van der Waals surface area contributed by atoms with Crippen LogP contribution in [0.3, 0.4) is 0 Å². The van der Waals surface area contributed by atoms with Gasteiger partial charge >= 0.3 is 0 Å². The maximum atomic E-state index is 13.1. The zero-order chi connectivity index (χ0) is 9.30. The van der Waals surface area contributed by atoms with E-state index in [4.69, 9.17) is 5.73 Å². The molecule has 0 unspecified atom stereocenters. The predicted octanol–water partition coefficient (Wildman–Crippen LogP) is 2.29. The topological polar surface area (TPSA) is 43.1 Å². The number of amides is 1. The molecular formula is C7H4BrFINO. The molecule has 0 fully saturated rings. The van der Waals surface area contributed by atoms with E-state index in [1.54, 1.807) is 0 Å². The average molecular weight is 344 g/mol. The zero-order valence-corrected chi connectivity index (χ0v) is 9.52. The molecule has 0 atom stereocenters. The van der Waals surface area contributed by atoms with Crippen LogP contribution in [0.25, 0.3) is 0 Å². The highest BCUT2D eigenvalue weighted by molar-refractivity contribution is 14.1. The van der Waals surface area contributed by atoms with Crippen LogP contribution < -0.4 is 5.73 Å². The second-order valence-electron chi connectivity index (χ2n) is 2.09. The molecule has 0 saturated heterocycles. The fourth-order valence-electron chi connectivity index (χ4n) is 0.716. The molecule has 1 rings (SSSR count). The summed E-state index contributed by atoms with van der Waals surface area (Å²) in [5, 5.41) is 0. The lowest BCUT2D eigenvalue weighted by molar-refractivity contribution is 0.0999. The first-order valence-corrected chi connectivity index (χ1v) is 4.84. The van der Waals surface area contributed by atoms with Gasteiger partial charge in [-0.3, -0.25) is 4.79 Å². The molecule has 0 aliphatic carbocycles. The van der Waals surface area contributed by atoms with Gasteiger partial charge in [0.2, 0.25) is 5.91 Å². The average Bonchev–Trinajstić information content (AvgIpc) is 2.00. The van der Waals surface area contributed by atoms with Gasteiger partial charge in [0.15, 0.2) is 5.82 Å². The van der Waals surface area contributed by atoms with E-state index in [9.17, 15) is 9.18 Å². The minimum absolute atomic E-state index is 0.127. The summed E-state index contributed by atoms with van der Waals surface area (Å²) < 4.78 is 13.7. The van der Waals surface area contributed by atoms with Crippen molar-refractivity contribution in [3.63, 3.8) is 0 Å². The van der Waals surface area contributed by atoms with E-state index in [0.29, 0.717) is 3.57 Å². The molecule has 0 aliphatic rings. The van der Waals surface area contributed by atoms with Crippen molar-refractivity contribution < 1.29 is 9.18 Å². The molecule has 0 aromatic heterocycles. The van der Waals surface area contributed by atoms with Crippen molar-refractivity contribution in [1.29, 1.82) is 0 Å². The van der Waals surface area contributed by atoms with Crippen LogP contribution in [-0.2, 0) is 0 Å². The summed E-state index contributed by atoms with van der Waals surface area (Å²) in [6.07, 6.45) is 0. The second-order valence-corrected chi connectivity index (χ2v) is 4.04. The molecule has 5 heteroatoms. The van der Waals surface area contributed by atoms with Crippen LogP contribution in [0.2, 0.25) is 0 Å². The van der Waals surface area contributed by atoms with Crippen molar-refractivity contribution in [2.45, 2.75) is 0 Å². The Morgan fingerprint density at radius 1 is 1.58 bits per heavy atom. The van der Waals surface area contributed by atoms with E-state index in [1.807, 2.05) is 22.6 Å². The number of nitrogens with two attached hydrogens (primary N) is 1. The minimum Gasteiger partial charge on any atom is -0.366 e. The Morgan fingerprint density at radius 3 is 2.67 bits per heavy atom. The highest BCUT2D eigenvalue weighted by atomic mass is 127. The van der Waals surface area contributed by atoms with Gasteiger partial charge in [-0.2, -0.15) is 0 Å². The molecule has 1 amide bonds. The maximum Gasteiger partial charge on any atom is 0.249 e. The van der Waals surface area contributed by atoms with Gasteiger partial charge in [-0.25, -0.2) is 4.39 Å². The van der Waals surface area contributed by atoms with E-state index < -0.39 is 11.7 Å². The van der Waals surface area contributed by atoms with E-state index in [2.05, 4.69) is 15.9 Å². The Bertz CT molecular complexity index is 342. The van der Waals surface area contributed by atoms with Crippen LogP contribution in [0.1, 0.15) is 10.4 Å². The number of carbonyl (C=O) groups is 1. The zero-order valence-electron chi connectivity index (χ0n) is 5.77. The standard InChI is InChI=1S/C7H4BrFINO/c8-5-3(7(11)12)1-2-4(10)6(5)9/h1-2H,(H2,11,12). The van der Waals surface area contributed by atoms with Crippen molar-refractivity contribution in [2.24, 2.45) is 5.73 Å². The SMILES string of the molecule is NC(=O)c1ccc(I)c(F)c1Br. The molecular weight excluding hydrogens is 340 g/mol. The van der Waals surface area contributed by atoms with E-state index >= 15 is 0 Å². The summed E-state index contributed by atoms with van der Waals surface area (Å²) in [7, 11) is 0. The third-order valence-electron chi connectivity index (χ3n) is 1.30. The lowest BCUT2D eigenvalue weighted by Gasteiger charge is -2.01. The van der Waals surface area contributed by atoms with Crippen LogP contribution in [0, 0.1) is 9.39 Å². The summed E-state index contributed by atoms with van der Waals surface area (Å²) in [4.78, 5) is 10.7. The molecule has 12 heavy (non-hydrogen) atoms. The van der Waals surface area contributed by atoms with Crippen LogP contribution >= 0.6 is 38.5 Å². The summed E-state index contributed by atoms with van der Waals surface area (Å²) in [5.41, 5.74) is 5.16. The lowest BCUT2D eigenvalue weighted by Crippen LogP contribution is -2.12. The summed E-state index contributed by atoms with van der Waals surface area (Å²) >= 11 is 4.78. The van der Waals surface area contributed by atoms with Crippen molar-refractivity contribution in [3.8, 4) is 0 Å². The van der Waals surface area contributed by atoms with Gasteiger partial charge in [0.05, 0.1) is 10.0 Å². The van der Waals surface area contributed by atoms with Gasteiger partial charge in [0, 0.05) is 3.57 Å². The maximum absolute atomic E-state index is 13.1. The largest absolute Gasteiger partial charge is 0.366 e. The summed E-state index contributed by atoms with van der Waals surface area (Å²) in [6.45, 7) is 0. The molecule has 0 radical (unpaired) electrons. The minimum atomic E-state index is -0.642. The summed E-state index contributed by atoms with van der Waals surface area (Å²) in [6, 6.07) is 2.98. The van der Waals surface area contributed by atoms with E-state index in [-0.39, 0.29) is 10.0 Å². The quantitative estimate of drug-likeness (QED) is 0.617. The molecule has 0 heterocycles. The Labute approximate surface area is 90.6 Å². The third-order valence-corrected chi connectivity index (χ3v) is 2.91. The first-order chi connectivity index (χ1) is 5.54. The van der Waals surface area contributed by atoms with Gasteiger partial charge in [-0.05, 0) is 50.7 Å². The van der Waals surface area contributed by atoms with Gasteiger partial charge < -0.3 is 5.73 Å². The van der Waals surface area contributed by atoms with Crippen LogP contribution in [0.4, 0.5) is 4.39 Å². The smallest absolute Gasteiger partial charge is 0.249 e. The van der Waals surface area contributed by atoms with E-state index in [1.165, 1.54) is 12.1 Å².